The Labute approximate surface area is 265 Å². The van der Waals surface area contributed by atoms with Gasteiger partial charge in [0, 0.05) is 41.4 Å². The number of nitrogens with zero attached hydrogens (tertiary/aromatic N) is 1. The molecule has 5 rings (SSSR count). The van der Waals surface area contributed by atoms with Gasteiger partial charge in [0.15, 0.2) is 0 Å². The van der Waals surface area contributed by atoms with Gasteiger partial charge in [0.05, 0.1) is 0 Å². The highest BCUT2D eigenvalue weighted by molar-refractivity contribution is 6.35. The topological polar surface area (TPSA) is 49.4 Å². The largest absolute Gasteiger partial charge is 0.352 e. The van der Waals surface area contributed by atoms with Crippen LogP contribution in [0.2, 0.25) is 10.0 Å². The predicted molar refractivity (Wildman–Crippen MR) is 175 cm³/mol. The van der Waals surface area contributed by atoms with E-state index in [1.807, 2.05) is 72.8 Å². The first kappa shape index (κ1) is 30.8. The standard InChI is InChI=1S/C37H38Cl2N2O2/c38-31-22-21-30(34(39)24-31)26-41(36(42)25-33(28-15-7-2-8-16-28)29-17-9-3-10-18-29)35(23-27-13-5-1-6-14-27)37(43)40-32-19-11-4-12-20-32/h1-3,5-10,13-18,21-22,24,32-33,35H,4,11-12,19-20,23,25-26H2,(H,40,43). The van der Waals surface area contributed by atoms with Gasteiger partial charge in [-0.2, -0.15) is 0 Å². The Bertz CT molecular complexity index is 1440. The summed E-state index contributed by atoms with van der Waals surface area (Å²) >= 11 is 12.9. The molecule has 6 heteroatoms. The van der Waals surface area contributed by atoms with Crippen molar-refractivity contribution in [3.05, 3.63) is 141 Å². The summed E-state index contributed by atoms with van der Waals surface area (Å²) in [5.74, 6) is -0.398. The lowest BCUT2D eigenvalue weighted by atomic mass is 9.87. The van der Waals surface area contributed by atoms with Gasteiger partial charge in [-0.25, -0.2) is 0 Å². The summed E-state index contributed by atoms with van der Waals surface area (Å²) in [6.45, 7) is 0.195. The second-order valence-corrected chi connectivity index (χ2v) is 12.2. The van der Waals surface area contributed by atoms with E-state index in [0.29, 0.717) is 16.5 Å². The van der Waals surface area contributed by atoms with Crippen LogP contribution in [0.4, 0.5) is 0 Å². The number of carbonyl (C=O) groups excluding carboxylic acids is 2. The number of amides is 2. The van der Waals surface area contributed by atoms with E-state index in [0.717, 1.165) is 47.9 Å². The molecule has 222 valence electrons. The summed E-state index contributed by atoms with van der Waals surface area (Å²) in [6, 6.07) is 34.8. The van der Waals surface area contributed by atoms with Crippen LogP contribution in [0, 0.1) is 0 Å². The number of carbonyl (C=O) groups is 2. The number of nitrogens with one attached hydrogen (secondary N) is 1. The molecule has 2 amide bonds. The van der Waals surface area contributed by atoms with Crippen molar-refractivity contribution in [3.8, 4) is 0 Å². The maximum atomic E-state index is 14.6. The zero-order valence-corrected chi connectivity index (χ0v) is 25.8. The smallest absolute Gasteiger partial charge is 0.243 e. The van der Waals surface area contributed by atoms with E-state index < -0.39 is 6.04 Å². The number of benzene rings is 4. The van der Waals surface area contributed by atoms with Crippen molar-refractivity contribution in [2.24, 2.45) is 0 Å². The number of hydrogen-bond donors (Lipinski definition) is 1. The fraction of sp³-hybridized carbons (Fsp3) is 0.297. The summed E-state index contributed by atoms with van der Waals surface area (Å²) in [5.41, 5.74) is 3.85. The van der Waals surface area contributed by atoms with Gasteiger partial charge in [0.1, 0.15) is 6.04 Å². The number of halogens is 2. The molecular weight excluding hydrogens is 575 g/mol. The molecule has 4 aromatic carbocycles. The highest BCUT2D eigenvalue weighted by Crippen LogP contribution is 2.31. The minimum atomic E-state index is -0.712. The zero-order chi connectivity index (χ0) is 30.0. The van der Waals surface area contributed by atoms with Gasteiger partial charge in [-0.3, -0.25) is 9.59 Å². The van der Waals surface area contributed by atoms with E-state index in [4.69, 9.17) is 23.2 Å². The van der Waals surface area contributed by atoms with E-state index in [2.05, 4.69) is 29.6 Å². The Morgan fingerprint density at radius 3 is 1.93 bits per heavy atom. The van der Waals surface area contributed by atoms with E-state index in [1.54, 1.807) is 17.0 Å². The molecular formula is C37H38Cl2N2O2. The van der Waals surface area contributed by atoms with Crippen LogP contribution in [0.15, 0.2) is 109 Å². The average molecular weight is 614 g/mol. The van der Waals surface area contributed by atoms with Gasteiger partial charge in [-0.15, -0.1) is 0 Å². The Hall–Kier alpha value is -3.60. The molecule has 4 aromatic rings. The van der Waals surface area contributed by atoms with Crippen LogP contribution in [-0.4, -0.2) is 28.8 Å². The molecule has 0 spiro atoms. The molecule has 43 heavy (non-hydrogen) atoms. The summed E-state index contributed by atoms with van der Waals surface area (Å²) in [5, 5.41) is 4.31. The van der Waals surface area contributed by atoms with Crippen molar-refractivity contribution < 1.29 is 9.59 Å². The van der Waals surface area contributed by atoms with Gasteiger partial charge < -0.3 is 10.2 Å². The van der Waals surface area contributed by atoms with Crippen LogP contribution in [0.1, 0.15) is 66.7 Å². The summed E-state index contributed by atoms with van der Waals surface area (Å²) in [4.78, 5) is 30.5. The molecule has 4 nitrogen and oxygen atoms in total. The van der Waals surface area contributed by atoms with Gasteiger partial charge in [0.2, 0.25) is 11.8 Å². The van der Waals surface area contributed by atoms with Crippen LogP contribution in [0.3, 0.4) is 0 Å². The SMILES string of the molecule is O=C(NC1CCCCC1)C(Cc1ccccc1)N(Cc1ccc(Cl)cc1Cl)C(=O)CC(c1ccccc1)c1ccccc1. The first-order chi connectivity index (χ1) is 21.0. The molecule has 0 heterocycles. The maximum absolute atomic E-state index is 14.6. The predicted octanol–water partition coefficient (Wildman–Crippen LogP) is 8.60. The second-order valence-electron chi connectivity index (χ2n) is 11.4. The fourth-order valence-corrected chi connectivity index (χ4v) is 6.49. The lowest BCUT2D eigenvalue weighted by molar-refractivity contribution is -0.141. The molecule has 1 saturated carbocycles. The van der Waals surface area contributed by atoms with Crippen molar-refractivity contribution >= 4 is 35.0 Å². The van der Waals surface area contributed by atoms with Crippen molar-refractivity contribution in [1.82, 2.24) is 10.2 Å². The van der Waals surface area contributed by atoms with Gasteiger partial charge in [0.25, 0.3) is 0 Å². The molecule has 1 aliphatic rings. The van der Waals surface area contributed by atoms with Crippen LogP contribution >= 0.6 is 23.2 Å². The molecule has 1 N–H and O–H groups in total. The third kappa shape index (κ3) is 8.49. The quantitative estimate of drug-likeness (QED) is 0.184. The average Bonchev–Trinajstić information content (AvgIpc) is 3.04. The normalized spacial score (nSPS) is 14.3. The molecule has 1 aliphatic carbocycles. The molecule has 0 aromatic heterocycles. The molecule has 1 atom stereocenters. The number of hydrogen-bond acceptors (Lipinski definition) is 2. The Kier molecular flexibility index (Phi) is 10.9. The summed E-state index contributed by atoms with van der Waals surface area (Å²) in [7, 11) is 0. The third-order valence-electron chi connectivity index (χ3n) is 8.36. The van der Waals surface area contributed by atoms with E-state index >= 15 is 0 Å². The van der Waals surface area contributed by atoms with Crippen LogP contribution in [-0.2, 0) is 22.6 Å². The van der Waals surface area contributed by atoms with Gasteiger partial charge in [-0.1, -0.05) is 140 Å². The molecule has 0 saturated heterocycles. The van der Waals surface area contributed by atoms with Crippen molar-refractivity contribution in [2.45, 2.75) is 69.5 Å². The maximum Gasteiger partial charge on any atom is 0.243 e. The minimum absolute atomic E-state index is 0.108. The van der Waals surface area contributed by atoms with Crippen molar-refractivity contribution in [2.75, 3.05) is 0 Å². The first-order valence-electron chi connectivity index (χ1n) is 15.2. The Morgan fingerprint density at radius 2 is 1.35 bits per heavy atom. The number of rotatable bonds is 11. The van der Waals surface area contributed by atoms with Crippen molar-refractivity contribution in [3.63, 3.8) is 0 Å². The highest BCUT2D eigenvalue weighted by atomic mass is 35.5. The molecule has 0 radical (unpaired) electrons. The molecule has 0 aliphatic heterocycles. The molecule has 1 fully saturated rings. The Morgan fingerprint density at radius 1 is 0.767 bits per heavy atom. The molecule has 1 unspecified atom stereocenters. The lowest BCUT2D eigenvalue weighted by Gasteiger charge is -2.34. The van der Waals surface area contributed by atoms with Gasteiger partial charge >= 0.3 is 0 Å². The van der Waals surface area contributed by atoms with E-state index in [-0.39, 0.29) is 36.7 Å². The lowest BCUT2D eigenvalue weighted by Crippen LogP contribution is -2.53. The summed E-state index contributed by atoms with van der Waals surface area (Å²) in [6.07, 6.45) is 5.94. The molecule has 0 bridgehead atoms. The van der Waals surface area contributed by atoms with Gasteiger partial charge in [-0.05, 0) is 47.2 Å². The Balaban J connectivity index is 1.52. The fourth-order valence-electron chi connectivity index (χ4n) is 6.02. The highest BCUT2D eigenvalue weighted by Gasteiger charge is 2.33. The monoisotopic (exact) mass is 612 g/mol. The minimum Gasteiger partial charge on any atom is -0.352 e. The van der Waals surface area contributed by atoms with E-state index in [9.17, 15) is 9.59 Å². The van der Waals surface area contributed by atoms with Crippen LogP contribution in [0.5, 0.6) is 0 Å². The third-order valence-corrected chi connectivity index (χ3v) is 8.95. The van der Waals surface area contributed by atoms with Crippen LogP contribution < -0.4 is 5.32 Å². The second kappa shape index (κ2) is 15.2. The van der Waals surface area contributed by atoms with Crippen molar-refractivity contribution in [1.29, 1.82) is 0 Å². The zero-order valence-electron chi connectivity index (χ0n) is 24.3. The summed E-state index contributed by atoms with van der Waals surface area (Å²) < 4.78 is 0. The van der Waals surface area contributed by atoms with E-state index in [1.165, 1.54) is 6.42 Å². The first-order valence-corrected chi connectivity index (χ1v) is 15.9. The van der Waals surface area contributed by atoms with Crippen LogP contribution in [0.25, 0.3) is 0 Å².